The second-order valence-corrected chi connectivity index (χ2v) is 5.97. The van der Waals surface area contributed by atoms with Crippen LogP contribution in [0.4, 0.5) is 5.69 Å². The Morgan fingerprint density at radius 2 is 1.88 bits per heavy atom. The topological polar surface area (TPSA) is 75.4 Å². The molecule has 0 aliphatic rings. The number of aliphatic hydroxyl groups excluding tert-OH is 1. The minimum absolute atomic E-state index is 0.0335. The summed E-state index contributed by atoms with van der Waals surface area (Å²) in [6, 6.07) is 15.3. The molecule has 0 aromatic heterocycles. The van der Waals surface area contributed by atoms with E-state index in [2.05, 4.69) is 17.4 Å². The van der Waals surface area contributed by atoms with Crippen LogP contribution in [0.2, 0.25) is 0 Å². The van der Waals surface area contributed by atoms with Crippen LogP contribution in [0.5, 0.6) is 0 Å². The third-order valence-electron chi connectivity index (χ3n) is 4.31. The molecular formula is C19H24N2O3. The number of rotatable bonds is 8. The molecule has 2 unspecified atom stereocenters. The first-order chi connectivity index (χ1) is 11.5. The zero-order valence-electron chi connectivity index (χ0n) is 14.1. The standard InChI is InChI=1S/C19H24N2O3/c1-14-17(10-6-12-19(14)21(23)24)15(2)20-18(11-7-13-22)16-8-4-3-5-9-16/h3-6,8-10,12,15,18,20,22H,7,11,13H2,1-2H3. The van der Waals surface area contributed by atoms with Gasteiger partial charge in [0.1, 0.15) is 0 Å². The molecular weight excluding hydrogens is 304 g/mol. The van der Waals surface area contributed by atoms with Crippen LogP contribution in [0.25, 0.3) is 0 Å². The smallest absolute Gasteiger partial charge is 0.272 e. The molecule has 2 N–H and O–H groups in total. The van der Waals surface area contributed by atoms with Crippen molar-refractivity contribution < 1.29 is 10.0 Å². The first-order valence-corrected chi connectivity index (χ1v) is 8.20. The fraction of sp³-hybridized carbons (Fsp3) is 0.368. The van der Waals surface area contributed by atoms with Crippen LogP contribution in [-0.2, 0) is 0 Å². The largest absolute Gasteiger partial charge is 0.396 e. The summed E-state index contributed by atoms with van der Waals surface area (Å²) in [5, 5.41) is 23.8. The zero-order valence-corrected chi connectivity index (χ0v) is 14.1. The predicted octanol–water partition coefficient (Wildman–Crippen LogP) is 4.07. The summed E-state index contributed by atoms with van der Waals surface area (Å²) >= 11 is 0. The van der Waals surface area contributed by atoms with Crippen LogP contribution < -0.4 is 5.32 Å². The van der Waals surface area contributed by atoms with Crippen LogP contribution >= 0.6 is 0 Å². The minimum atomic E-state index is -0.341. The molecule has 0 radical (unpaired) electrons. The van der Waals surface area contributed by atoms with Crippen molar-refractivity contribution >= 4 is 5.69 Å². The van der Waals surface area contributed by atoms with Crippen molar-refractivity contribution in [3.8, 4) is 0 Å². The highest BCUT2D eigenvalue weighted by Crippen LogP contribution is 2.29. The molecule has 0 amide bonds. The molecule has 0 bridgehead atoms. The van der Waals surface area contributed by atoms with Crippen LogP contribution in [0.3, 0.4) is 0 Å². The van der Waals surface area contributed by atoms with E-state index in [0.717, 1.165) is 17.5 Å². The van der Waals surface area contributed by atoms with E-state index in [9.17, 15) is 10.1 Å². The Hall–Kier alpha value is -2.24. The molecule has 0 aliphatic carbocycles. The summed E-state index contributed by atoms with van der Waals surface area (Å²) in [6.45, 7) is 3.95. The number of aliphatic hydroxyl groups is 1. The molecule has 0 saturated heterocycles. The van der Waals surface area contributed by atoms with E-state index in [-0.39, 0.29) is 29.3 Å². The lowest BCUT2D eigenvalue weighted by Gasteiger charge is -2.25. The summed E-state index contributed by atoms with van der Waals surface area (Å²) in [7, 11) is 0. The van der Waals surface area contributed by atoms with Crippen molar-refractivity contribution in [2.45, 2.75) is 38.8 Å². The summed E-state index contributed by atoms with van der Waals surface area (Å²) < 4.78 is 0. The molecule has 2 atom stereocenters. The lowest BCUT2D eigenvalue weighted by molar-refractivity contribution is -0.385. The van der Waals surface area contributed by atoms with Gasteiger partial charge in [-0.2, -0.15) is 0 Å². The van der Waals surface area contributed by atoms with E-state index in [1.807, 2.05) is 31.2 Å². The van der Waals surface area contributed by atoms with Crippen molar-refractivity contribution in [3.05, 3.63) is 75.3 Å². The quantitative estimate of drug-likeness (QED) is 0.566. The van der Waals surface area contributed by atoms with Crippen molar-refractivity contribution in [1.82, 2.24) is 5.32 Å². The Kier molecular flexibility index (Phi) is 6.46. The van der Waals surface area contributed by atoms with E-state index < -0.39 is 0 Å². The van der Waals surface area contributed by atoms with Crippen molar-refractivity contribution in [2.75, 3.05) is 6.61 Å². The second kappa shape index (κ2) is 8.57. The molecule has 0 aliphatic heterocycles. The molecule has 0 fully saturated rings. The monoisotopic (exact) mass is 328 g/mol. The van der Waals surface area contributed by atoms with Gasteiger partial charge in [-0.1, -0.05) is 42.5 Å². The van der Waals surface area contributed by atoms with Crippen LogP contribution in [0.1, 0.15) is 48.5 Å². The molecule has 128 valence electrons. The number of nitrogens with zero attached hydrogens (tertiary/aromatic N) is 1. The van der Waals surface area contributed by atoms with Gasteiger partial charge in [0.05, 0.1) is 4.92 Å². The maximum Gasteiger partial charge on any atom is 0.272 e. The van der Waals surface area contributed by atoms with Crippen LogP contribution in [0.15, 0.2) is 48.5 Å². The van der Waals surface area contributed by atoms with Gasteiger partial charge < -0.3 is 10.4 Å². The molecule has 2 rings (SSSR count). The number of nitrogens with one attached hydrogen (secondary N) is 1. The fourth-order valence-electron chi connectivity index (χ4n) is 3.03. The third kappa shape index (κ3) is 4.40. The first-order valence-electron chi connectivity index (χ1n) is 8.20. The molecule has 2 aromatic rings. The third-order valence-corrected chi connectivity index (χ3v) is 4.31. The Morgan fingerprint density at radius 3 is 2.50 bits per heavy atom. The Balaban J connectivity index is 2.23. The fourth-order valence-corrected chi connectivity index (χ4v) is 3.03. The number of hydrogen-bond donors (Lipinski definition) is 2. The van der Waals surface area contributed by atoms with Gasteiger partial charge >= 0.3 is 0 Å². The van der Waals surface area contributed by atoms with E-state index in [4.69, 9.17) is 5.11 Å². The predicted molar refractivity (Wildman–Crippen MR) is 94.9 cm³/mol. The van der Waals surface area contributed by atoms with Gasteiger partial charge in [-0.3, -0.25) is 10.1 Å². The van der Waals surface area contributed by atoms with E-state index in [1.165, 1.54) is 6.07 Å². The maximum absolute atomic E-state index is 11.1. The average Bonchev–Trinajstić information content (AvgIpc) is 2.59. The lowest BCUT2D eigenvalue weighted by Crippen LogP contribution is -2.25. The highest BCUT2D eigenvalue weighted by molar-refractivity contribution is 5.45. The van der Waals surface area contributed by atoms with Crippen LogP contribution in [0, 0.1) is 17.0 Å². The van der Waals surface area contributed by atoms with E-state index in [0.29, 0.717) is 12.0 Å². The van der Waals surface area contributed by atoms with Gasteiger partial charge in [0, 0.05) is 30.3 Å². The molecule has 2 aromatic carbocycles. The van der Waals surface area contributed by atoms with Gasteiger partial charge in [-0.15, -0.1) is 0 Å². The van der Waals surface area contributed by atoms with Gasteiger partial charge in [0.15, 0.2) is 0 Å². The van der Waals surface area contributed by atoms with Gasteiger partial charge in [0.2, 0.25) is 0 Å². The van der Waals surface area contributed by atoms with Gasteiger partial charge in [-0.25, -0.2) is 0 Å². The normalized spacial score (nSPS) is 13.5. The number of hydrogen-bond acceptors (Lipinski definition) is 4. The molecule has 0 saturated carbocycles. The summed E-state index contributed by atoms with van der Waals surface area (Å²) in [5.41, 5.74) is 2.92. The molecule has 0 spiro atoms. The Labute approximate surface area is 142 Å². The summed E-state index contributed by atoms with van der Waals surface area (Å²) in [6.07, 6.45) is 1.51. The summed E-state index contributed by atoms with van der Waals surface area (Å²) in [5.74, 6) is 0. The molecule has 5 heteroatoms. The molecule has 24 heavy (non-hydrogen) atoms. The van der Waals surface area contributed by atoms with E-state index >= 15 is 0 Å². The van der Waals surface area contributed by atoms with Crippen molar-refractivity contribution in [1.29, 1.82) is 0 Å². The van der Waals surface area contributed by atoms with E-state index in [1.54, 1.807) is 13.0 Å². The Bertz CT molecular complexity index is 674. The minimum Gasteiger partial charge on any atom is -0.396 e. The zero-order chi connectivity index (χ0) is 17.5. The highest BCUT2D eigenvalue weighted by Gasteiger charge is 2.20. The number of benzene rings is 2. The molecule has 5 nitrogen and oxygen atoms in total. The lowest BCUT2D eigenvalue weighted by atomic mass is 9.97. The van der Waals surface area contributed by atoms with Gasteiger partial charge in [-0.05, 0) is 37.8 Å². The SMILES string of the molecule is Cc1c(C(C)NC(CCCO)c2ccccc2)cccc1[N+](=O)[O-]. The molecule has 0 heterocycles. The van der Waals surface area contributed by atoms with Gasteiger partial charge in [0.25, 0.3) is 5.69 Å². The maximum atomic E-state index is 11.1. The average molecular weight is 328 g/mol. The van der Waals surface area contributed by atoms with Crippen molar-refractivity contribution in [2.24, 2.45) is 0 Å². The highest BCUT2D eigenvalue weighted by atomic mass is 16.6. The summed E-state index contributed by atoms with van der Waals surface area (Å²) in [4.78, 5) is 10.8. The number of nitro groups is 1. The van der Waals surface area contributed by atoms with Crippen molar-refractivity contribution in [3.63, 3.8) is 0 Å². The number of nitro benzene ring substituents is 1. The Morgan fingerprint density at radius 1 is 1.17 bits per heavy atom. The first kappa shape index (κ1) is 18.1. The van der Waals surface area contributed by atoms with Crippen LogP contribution in [-0.4, -0.2) is 16.6 Å². The second-order valence-electron chi connectivity index (χ2n) is 5.97.